The van der Waals surface area contributed by atoms with Crippen molar-refractivity contribution in [1.82, 2.24) is 20.3 Å². The quantitative estimate of drug-likeness (QED) is 0.167. The van der Waals surface area contributed by atoms with Crippen LogP contribution in [0.2, 0.25) is 0 Å². The highest BCUT2D eigenvalue weighted by Gasteiger charge is 2.29. The van der Waals surface area contributed by atoms with Crippen molar-refractivity contribution in [1.29, 1.82) is 0 Å². The van der Waals surface area contributed by atoms with Crippen LogP contribution in [0.25, 0.3) is 0 Å². The summed E-state index contributed by atoms with van der Waals surface area (Å²) in [7, 11) is 0. The van der Waals surface area contributed by atoms with Gasteiger partial charge in [-0.1, -0.05) is 19.1 Å². The SMILES string of the molecule is CCC(C)(NCC(C)O)c1nc(Nc2cccc(NC(C)(C)C)c2)nc(Nc2cccc(NC(C)(C)C)c2)n1. The van der Waals surface area contributed by atoms with Crippen LogP contribution in [0.15, 0.2) is 48.5 Å². The molecule has 9 nitrogen and oxygen atoms in total. The van der Waals surface area contributed by atoms with E-state index in [1.54, 1.807) is 6.92 Å². The molecule has 0 spiro atoms. The monoisotopic (exact) mass is 534 g/mol. The lowest BCUT2D eigenvalue weighted by molar-refractivity contribution is 0.170. The maximum Gasteiger partial charge on any atom is 0.232 e. The Morgan fingerprint density at radius 1 is 0.718 bits per heavy atom. The fourth-order valence-electron chi connectivity index (χ4n) is 3.94. The highest BCUT2D eigenvalue weighted by Crippen LogP contribution is 2.27. The third-order valence-corrected chi connectivity index (χ3v) is 5.90. The fraction of sp³-hybridized carbons (Fsp3) is 0.500. The molecular weight excluding hydrogens is 488 g/mol. The van der Waals surface area contributed by atoms with Crippen molar-refractivity contribution in [2.75, 3.05) is 27.8 Å². The van der Waals surface area contributed by atoms with Crippen LogP contribution in [-0.2, 0) is 5.54 Å². The molecule has 1 aromatic heterocycles. The Balaban J connectivity index is 1.98. The zero-order valence-electron chi connectivity index (χ0n) is 24.9. The predicted octanol–water partition coefficient (Wildman–Crippen LogP) is 6.38. The minimum atomic E-state index is -0.571. The number of aromatic nitrogens is 3. The van der Waals surface area contributed by atoms with Crippen molar-refractivity contribution >= 4 is 34.6 Å². The normalized spacial score (nSPS) is 14.3. The summed E-state index contributed by atoms with van der Waals surface area (Å²) >= 11 is 0. The number of aliphatic hydroxyl groups excluding tert-OH is 1. The van der Waals surface area contributed by atoms with Crippen LogP contribution in [-0.4, -0.2) is 43.8 Å². The zero-order valence-corrected chi connectivity index (χ0v) is 24.9. The highest BCUT2D eigenvalue weighted by atomic mass is 16.3. The summed E-state index contributed by atoms with van der Waals surface area (Å²) in [5.74, 6) is 1.44. The van der Waals surface area contributed by atoms with Crippen LogP contribution in [0.4, 0.5) is 34.6 Å². The minimum absolute atomic E-state index is 0.0646. The van der Waals surface area contributed by atoms with E-state index in [4.69, 9.17) is 15.0 Å². The zero-order chi connectivity index (χ0) is 28.8. The molecule has 0 fully saturated rings. The predicted molar refractivity (Wildman–Crippen MR) is 163 cm³/mol. The van der Waals surface area contributed by atoms with Gasteiger partial charge in [0.25, 0.3) is 0 Å². The van der Waals surface area contributed by atoms with E-state index in [1.165, 1.54) is 0 Å². The van der Waals surface area contributed by atoms with Gasteiger partial charge in [0, 0.05) is 40.4 Å². The molecule has 0 aliphatic rings. The lowest BCUT2D eigenvalue weighted by Crippen LogP contribution is -2.44. The van der Waals surface area contributed by atoms with Crippen LogP contribution in [0.1, 0.15) is 74.6 Å². The molecule has 212 valence electrons. The second-order valence-corrected chi connectivity index (χ2v) is 12.4. The Labute approximate surface area is 233 Å². The van der Waals surface area contributed by atoms with Crippen LogP contribution >= 0.6 is 0 Å². The van der Waals surface area contributed by atoms with Gasteiger partial charge in [0.2, 0.25) is 11.9 Å². The molecule has 0 radical (unpaired) electrons. The van der Waals surface area contributed by atoms with Gasteiger partial charge in [-0.2, -0.15) is 15.0 Å². The van der Waals surface area contributed by atoms with Gasteiger partial charge < -0.3 is 31.7 Å². The molecule has 3 rings (SSSR count). The minimum Gasteiger partial charge on any atom is -0.392 e. The number of rotatable bonds is 11. The van der Waals surface area contributed by atoms with Crippen molar-refractivity contribution in [3.63, 3.8) is 0 Å². The number of anilines is 6. The summed E-state index contributed by atoms with van der Waals surface area (Å²) in [6.07, 6.45) is 0.225. The molecule has 0 saturated heterocycles. The standard InChI is InChI=1S/C30H46N8O/c1-10-30(9,31-19-20(2)39)25-34-26(32-21-13-11-15-23(17-21)37-28(3,4)5)36-27(35-25)33-22-14-12-16-24(18-22)38-29(6,7)8/h11-18,20,31,37-39H,10,19H2,1-9H3,(H2,32,33,34,35,36). The molecule has 2 atom stereocenters. The average Bonchev–Trinajstić information content (AvgIpc) is 2.80. The van der Waals surface area contributed by atoms with E-state index in [0.717, 1.165) is 29.2 Å². The Morgan fingerprint density at radius 2 is 1.15 bits per heavy atom. The van der Waals surface area contributed by atoms with Crippen LogP contribution in [0.3, 0.4) is 0 Å². The van der Waals surface area contributed by atoms with Crippen molar-refractivity contribution < 1.29 is 5.11 Å². The number of nitrogens with zero attached hydrogens (tertiary/aromatic N) is 3. The maximum absolute atomic E-state index is 9.92. The summed E-state index contributed by atoms with van der Waals surface area (Å²) in [6.45, 7) is 19.0. The van der Waals surface area contributed by atoms with Crippen molar-refractivity contribution in [3.05, 3.63) is 54.4 Å². The molecule has 3 aromatic rings. The molecule has 0 aliphatic carbocycles. The van der Waals surface area contributed by atoms with E-state index in [-0.39, 0.29) is 11.1 Å². The van der Waals surface area contributed by atoms with E-state index in [2.05, 4.69) is 75.1 Å². The van der Waals surface area contributed by atoms with Crippen molar-refractivity contribution in [2.24, 2.45) is 0 Å². The van der Waals surface area contributed by atoms with Gasteiger partial charge in [-0.3, -0.25) is 0 Å². The first-order valence-electron chi connectivity index (χ1n) is 13.6. The molecule has 2 aromatic carbocycles. The van der Waals surface area contributed by atoms with Crippen molar-refractivity contribution in [2.45, 2.75) is 91.5 Å². The van der Waals surface area contributed by atoms with Gasteiger partial charge in [-0.15, -0.1) is 0 Å². The highest BCUT2D eigenvalue weighted by molar-refractivity contribution is 5.64. The second-order valence-electron chi connectivity index (χ2n) is 12.4. The third-order valence-electron chi connectivity index (χ3n) is 5.90. The van der Waals surface area contributed by atoms with Crippen molar-refractivity contribution in [3.8, 4) is 0 Å². The topological polar surface area (TPSA) is 119 Å². The molecule has 0 amide bonds. The van der Waals surface area contributed by atoms with Crippen LogP contribution in [0, 0.1) is 0 Å². The van der Waals surface area contributed by atoms with E-state index in [0.29, 0.717) is 24.3 Å². The maximum atomic E-state index is 9.92. The lowest BCUT2D eigenvalue weighted by atomic mass is 9.97. The van der Waals surface area contributed by atoms with E-state index < -0.39 is 11.6 Å². The van der Waals surface area contributed by atoms with Gasteiger partial charge in [-0.05, 0) is 98.2 Å². The largest absolute Gasteiger partial charge is 0.392 e. The Kier molecular flexibility index (Phi) is 9.40. The van der Waals surface area contributed by atoms with Gasteiger partial charge in [0.15, 0.2) is 5.82 Å². The number of nitrogens with one attached hydrogen (secondary N) is 5. The summed E-state index contributed by atoms with van der Waals surface area (Å²) in [5.41, 5.74) is 3.02. The molecule has 0 bridgehead atoms. The van der Waals surface area contributed by atoms with E-state index >= 15 is 0 Å². The summed E-state index contributed by atoms with van der Waals surface area (Å²) in [5, 5.41) is 27.1. The molecular formula is C30H46N8O. The van der Waals surface area contributed by atoms with Gasteiger partial charge in [0.05, 0.1) is 11.6 Å². The number of benzene rings is 2. The Morgan fingerprint density at radius 3 is 1.54 bits per heavy atom. The second kappa shape index (κ2) is 12.2. The molecule has 9 heteroatoms. The summed E-state index contributed by atoms with van der Waals surface area (Å²) in [6, 6.07) is 16.1. The van der Waals surface area contributed by atoms with Crippen LogP contribution in [0.5, 0.6) is 0 Å². The summed E-state index contributed by atoms with van der Waals surface area (Å²) < 4.78 is 0. The molecule has 0 aliphatic heterocycles. The number of aliphatic hydroxyl groups is 1. The van der Waals surface area contributed by atoms with Crippen LogP contribution < -0.4 is 26.6 Å². The lowest BCUT2D eigenvalue weighted by Gasteiger charge is -2.29. The first-order valence-corrected chi connectivity index (χ1v) is 13.6. The van der Waals surface area contributed by atoms with E-state index in [9.17, 15) is 5.11 Å². The molecule has 0 saturated carbocycles. The van der Waals surface area contributed by atoms with E-state index in [1.807, 2.05) is 55.5 Å². The molecule has 6 N–H and O–H groups in total. The number of hydrogen-bond donors (Lipinski definition) is 6. The van der Waals surface area contributed by atoms with Gasteiger partial charge in [0.1, 0.15) is 0 Å². The molecule has 1 heterocycles. The van der Waals surface area contributed by atoms with Gasteiger partial charge >= 0.3 is 0 Å². The first kappa shape index (κ1) is 30.1. The average molecular weight is 535 g/mol. The smallest absolute Gasteiger partial charge is 0.232 e. The Bertz CT molecular complexity index is 1150. The molecule has 2 unspecified atom stereocenters. The number of hydrogen-bond acceptors (Lipinski definition) is 9. The summed E-state index contributed by atoms with van der Waals surface area (Å²) in [4.78, 5) is 14.3. The first-order chi connectivity index (χ1) is 18.1. The molecule has 39 heavy (non-hydrogen) atoms. The Hall–Kier alpha value is -3.43. The van der Waals surface area contributed by atoms with Gasteiger partial charge in [-0.25, -0.2) is 0 Å². The third kappa shape index (κ3) is 9.67. The fourth-order valence-corrected chi connectivity index (χ4v) is 3.94.